The highest BCUT2D eigenvalue weighted by Crippen LogP contribution is 2.20. The van der Waals surface area contributed by atoms with Crippen molar-refractivity contribution in [3.63, 3.8) is 0 Å². The number of carboxylic acid groups (broad SMARTS) is 1. The van der Waals surface area contributed by atoms with Gasteiger partial charge in [-0.3, -0.25) is 9.59 Å². The Bertz CT molecular complexity index is 2120. The molecule has 594 valence electrons. The van der Waals surface area contributed by atoms with Crippen LogP contribution in [0.1, 0.15) is 399 Å². The third kappa shape index (κ3) is 84.8. The van der Waals surface area contributed by atoms with Gasteiger partial charge in [-0.15, -0.1) is 0 Å². The smallest absolute Gasteiger partial charge is 0.306 e. The summed E-state index contributed by atoms with van der Waals surface area (Å²) in [4.78, 5) is 37.7. The fourth-order valence-electron chi connectivity index (χ4n) is 12.6. The van der Waals surface area contributed by atoms with Gasteiger partial charge < -0.3 is 33.3 Å². The first kappa shape index (κ1) is 98.7. The molecule has 0 amide bonds. The summed E-state index contributed by atoms with van der Waals surface area (Å²) in [5.74, 6) is -2.26. The second-order valence-electron chi connectivity index (χ2n) is 30.4. The Morgan fingerprint density at radius 1 is 0.301 bits per heavy atom. The molecule has 0 bridgehead atoms. The van der Waals surface area contributed by atoms with Crippen LogP contribution in [0.4, 0.5) is 0 Å². The van der Waals surface area contributed by atoms with Crippen LogP contribution in [-0.2, 0) is 33.3 Å². The first-order valence-corrected chi connectivity index (χ1v) is 43.7. The summed E-state index contributed by atoms with van der Waals surface area (Å²) in [5, 5.41) is 11.9. The maximum Gasteiger partial charge on any atom is 0.306 e. The van der Waals surface area contributed by atoms with E-state index in [-0.39, 0.29) is 32.2 Å². The van der Waals surface area contributed by atoms with Crippen LogP contribution >= 0.6 is 0 Å². The Kier molecular flexibility index (Phi) is 79.8. The van der Waals surface area contributed by atoms with Crippen LogP contribution in [0.25, 0.3) is 0 Å². The molecule has 0 saturated carbocycles. The van der Waals surface area contributed by atoms with Crippen LogP contribution in [0.5, 0.6) is 0 Å². The summed E-state index contributed by atoms with van der Waals surface area (Å²) in [6.45, 7) is 4.67. The molecule has 0 aromatic carbocycles. The summed E-state index contributed by atoms with van der Waals surface area (Å²) in [6, 6.07) is 0. The van der Waals surface area contributed by atoms with Gasteiger partial charge in [0.25, 0.3) is 0 Å². The summed E-state index contributed by atoms with van der Waals surface area (Å²) in [6.07, 6.45) is 116. The maximum absolute atomic E-state index is 13.0. The van der Waals surface area contributed by atoms with Crippen molar-refractivity contribution in [3.05, 3.63) is 122 Å². The molecular formula is C94H165NO8. The maximum atomic E-state index is 13.0. The molecule has 0 N–H and O–H groups in total. The highest BCUT2D eigenvalue weighted by Gasteiger charge is 2.22. The molecule has 2 atom stereocenters. The molecule has 9 heteroatoms. The fraction of sp³-hybridized carbons (Fsp3) is 0.755. The lowest BCUT2D eigenvalue weighted by atomic mass is 10.0. The number of hydrogen-bond acceptors (Lipinski definition) is 8. The third-order valence-corrected chi connectivity index (χ3v) is 19.2. The molecule has 0 aliphatic carbocycles. The van der Waals surface area contributed by atoms with E-state index in [0.717, 1.165) is 89.9 Å². The average Bonchev–Trinajstić information content (AvgIpc) is 1.01. The van der Waals surface area contributed by atoms with Crippen LogP contribution in [0.2, 0.25) is 0 Å². The van der Waals surface area contributed by atoms with Gasteiger partial charge in [0.2, 0.25) is 0 Å². The lowest BCUT2D eigenvalue weighted by molar-refractivity contribution is -0.870. The van der Waals surface area contributed by atoms with E-state index in [0.29, 0.717) is 23.9 Å². The van der Waals surface area contributed by atoms with E-state index in [1.54, 1.807) is 0 Å². The average molecular weight is 1440 g/mol. The molecule has 9 nitrogen and oxygen atoms in total. The van der Waals surface area contributed by atoms with Crippen molar-refractivity contribution in [2.24, 2.45) is 0 Å². The number of quaternary nitrogens is 1. The van der Waals surface area contributed by atoms with Gasteiger partial charge >= 0.3 is 11.9 Å². The van der Waals surface area contributed by atoms with E-state index in [2.05, 4.69) is 135 Å². The van der Waals surface area contributed by atoms with Gasteiger partial charge in [0.15, 0.2) is 12.4 Å². The van der Waals surface area contributed by atoms with Crippen LogP contribution in [-0.4, -0.2) is 82.3 Å². The van der Waals surface area contributed by atoms with Crippen molar-refractivity contribution >= 4 is 17.9 Å². The molecule has 0 aromatic rings. The Balaban J connectivity index is 3.96. The topological polar surface area (TPSA) is 111 Å². The van der Waals surface area contributed by atoms with E-state index in [1.165, 1.54) is 276 Å². The van der Waals surface area contributed by atoms with Crippen molar-refractivity contribution < 1.29 is 42.9 Å². The van der Waals surface area contributed by atoms with Gasteiger partial charge in [-0.2, -0.15) is 0 Å². The van der Waals surface area contributed by atoms with E-state index < -0.39 is 24.3 Å². The highest BCUT2D eigenvalue weighted by atomic mass is 16.7. The van der Waals surface area contributed by atoms with Gasteiger partial charge in [0.05, 0.1) is 40.3 Å². The van der Waals surface area contributed by atoms with Gasteiger partial charge in [0.1, 0.15) is 13.2 Å². The zero-order valence-electron chi connectivity index (χ0n) is 68.2. The number of nitrogens with zero attached hydrogens (tertiary/aromatic N) is 1. The van der Waals surface area contributed by atoms with Crippen molar-refractivity contribution in [1.82, 2.24) is 0 Å². The van der Waals surface area contributed by atoms with Crippen molar-refractivity contribution in [2.75, 3.05) is 47.5 Å². The lowest BCUT2D eigenvalue weighted by Gasteiger charge is -2.26. The summed E-state index contributed by atoms with van der Waals surface area (Å²) >= 11 is 0. The summed E-state index contributed by atoms with van der Waals surface area (Å²) < 4.78 is 22.9. The summed E-state index contributed by atoms with van der Waals surface area (Å²) in [7, 11) is 5.95. The van der Waals surface area contributed by atoms with Crippen LogP contribution < -0.4 is 5.11 Å². The van der Waals surface area contributed by atoms with Gasteiger partial charge in [-0.25, -0.2) is 0 Å². The number of aliphatic carboxylic acids is 1. The SMILES string of the molecule is CC/C=C\C/C=C\C/C=C\C/C=C\C/C=C\C/C=C\C/C=C\CCCCCCCCCCCCCCCCCCCCCC(=O)OC(COC(=O)CCCCCCCCCCCCCCCCCCCCCCCC/C=C\C/C=C\C/C=C\CCCCCCC)COC(OCC[N+](C)(C)C)C(=O)[O-]. The van der Waals surface area contributed by atoms with Crippen LogP contribution in [0.3, 0.4) is 0 Å². The molecule has 0 aliphatic heterocycles. The first-order valence-electron chi connectivity index (χ1n) is 43.7. The molecule has 0 heterocycles. The van der Waals surface area contributed by atoms with E-state index in [1.807, 2.05) is 21.1 Å². The molecule has 0 spiro atoms. The number of carbonyl (C=O) groups excluding carboxylic acids is 3. The molecule has 0 aromatic heterocycles. The molecule has 0 aliphatic rings. The number of hydrogen-bond donors (Lipinski definition) is 0. The Morgan fingerprint density at radius 3 is 0.825 bits per heavy atom. The quantitative estimate of drug-likeness (QED) is 0.0195. The van der Waals surface area contributed by atoms with Crippen molar-refractivity contribution in [3.8, 4) is 0 Å². The fourth-order valence-corrected chi connectivity index (χ4v) is 12.6. The molecule has 0 radical (unpaired) electrons. The molecule has 2 unspecified atom stereocenters. The molecule has 0 fully saturated rings. The van der Waals surface area contributed by atoms with Crippen LogP contribution in [0.15, 0.2) is 122 Å². The van der Waals surface area contributed by atoms with Gasteiger partial charge in [-0.1, -0.05) is 399 Å². The molecule has 0 rings (SSSR count). The van der Waals surface area contributed by atoms with Crippen LogP contribution in [0, 0.1) is 0 Å². The largest absolute Gasteiger partial charge is 0.545 e. The monoisotopic (exact) mass is 1440 g/mol. The van der Waals surface area contributed by atoms with Gasteiger partial charge in [-0.05, 0) is 109 Å². The zero-order chi connectivity index (χ0) is 74.6. The Labute approximate surface area is 637 Å². The standard InChI is InChI=1S/C94H165NO8/c1-6-8-10-12-14-16-18-20-22-24-26-28-30-32-34-36-38-40-42-44-45-46-47-49-51-53-55-57-59-61-63-65-67-69-71-73-75-77-79-81-83-85-92(97)103-90(89-102-94(93(98)99)100-87-86-95(3,4)5)88-101-91(96)84-82-80-78-76-74-72-70-68-66-64-62-60-58-56-54-52-50-48-43-41-39-37-35-33-31-29-27-25-23-21-19-17-15-13-11-9-7-2/h8,10,14,16,19-22,25-28,31-34,38,40,44-45,90,94H,6-7,9,11-13,15,17-18,23-24,29-30,35-37,39,41-43,46-89H2,1-5H3/b10-8-,16-14-,21-19-,22-20-,27-25-,28-26-,33-31-,34-32-,40-38-,45-44-. The minimum absolute atomic E-state index is 0.147. The minimum atomic E-state index is -1.63. The molecule has 0 saturated heterocycles. The zero-order valence-corrected chi connectivity index (χ0v) is 68.2. The number of rotatable bonds is 81. The van der Waals surface area contributed by atoms with E-state index in [4.69, 9.17) is 18.9 Å². The second-order valence-corrected chi connectivity index (χ2v) is 30.4. The lowest BCUT2D eigenvalue weighted by Crippen LogP contribution is -2.44. The third-order valence-electron chi connectivity index (χ3n) is 19.2. The second kappa shape index (κ2) is 83.3. The Morgan fingerprint density at radius 2 is 0.553 bits per heavy atom. The number of carbonyl (C=O) groups is 3. The number of esters is 2. The number of allylic oxidation sites excluding steroid dienone is 20. The number of carboxylic acids is 1. The number of unbranched alkanes of at least 4 members (excludes halogenated alkanes) is 46. The first-order chi connectivity index (χ1) is 50.6. The normalized spacial score (nSPS) is 13.2. The predicted octanol–water partition coefficient (Wildman–Crippen LogP) is 27.3. The number of likely N-dealkylation sites (N-methyl/N-ethyl adjacent to an activating group) is 1. The molecule has 103 heavy (non-hydrogen) atoms. The van der Waals surface area contributed by atoms with E-state index in [9.17, 15) is 19.5 Å². The van der Waals surface area contributed by atoms with E-state index >= 15 is 0 Å². The Hall–Kier alpha value is -4.31. The highest BCUT2D eigenvalue weighted by molar-refractivity contribution is 5.70. The van der Waals surface area contributed by atoms with Crippen molar-refractivity contribution in [2.45, 2.75) is 411 Å². The predicted molar refractivity (Wildman–Crippen MR) is 444 cm³/mol. The summed E-state index contributed by atoms with van der Waals surface area (Å²) in [5.41, 5.74) is 0. The van der Waals surface area contributed by atoms with Gasteiger partial charge in [0, 0.05) is 12.8 Å². The number of ether oxygens (including phenoxy) is 4. The van der Waals surface area contributed by atoms with Crippen molar-refractivity contribution in [1.29, 1.82) is 0 Å². The minimum Gasteiger partial charge on any atom is -0.545 e. The molecular weight excluding hydrogens is 1270 g/mol.